The maximum Gasteiger partial charge on any atom is 0.307 e. The molecular weight excluding hydrogens is 242 g/mol. The molecule has 19 heavy (non-hydrogen) atoms. The average Bonchev–Trinajstić information content (AvgIpc) is 2.26. The number of rotatable bonds is 3. The van der Waals surface area contributed by atoms with Crippen molar-refractivity contribution in [3.63, 3.8) is 0 Å². The lowest BCUT2D eigenvalue weighted by molar-refractivity contribution is -0.154. The van der Waals surface area contributed by atoms with Gasteiger partial charge in [0.25, 0.3) is 0 Å². The molecule has 2 rings (SSSR count). The second-order valence-corrected chi connectivity index (χ2v) is 6.96. The minimum Gasteiger partial charge on any atom is -0.462 e. The van der Waals surface area contributed by atoms with E-state index < -0.39 is 0 Å². The average molecular weight is 269 g/mol. The van der Waals surface area contributed by atoms with Crippen LogP contribution in [0, 0.1) is 11.3 Å². The van der Waals surface area contributed by atoms with Crippen LogP contribution in [0.4, 0.5) is 0 Å². The van der Waals surface area contributed by atoms with Gasteiger partial charge in [-0.25, -0.2) is 0 Å². The minimum atomic E-state index is -0.0853. The summed E-state index contributed by atoms with van der Waals surface area (Å²) in [5, 5.41) is 3.29. The summed E-state index contributed by atoms with van der Waals surface area (Å²) in [6.45, 7) is 8.95. The first-order valence-electron chi connectivity index (χ1n) is 7.45. The van der Waals surface area contributed by atoms with Crippen molar-refractivity contribution in [3.8, 4) is 0 Å². The van der Waals surface area contributed by atoms with E-state index in [1.54, 1.807) is 0 Å². The van der Waals surface area contributed by atoms with Gasteiger partial charge in [-0.15, -0.1) is 0 Å². The van der Waals surface area contributed by atoms with E-state index in [1.165, 1.54) is 6.42 Å². The van der Waals surface area contributed by atoms with Crippen LogP contribution in [0.15, 0.2) is 0 Å². The zero-order valence-corrected chi connectivity index (χ0v) is 12.4. The summed E-state index contributed by atoms with van der Waals surface area (Å²) in [6, 6.07) is 0.121. The van der Waals surface area contributed by atoms with Gasteiger partial charge in [-0.05, 0) is 30.6 Å². The molecule has 0 aromatic rings. The Morgan fingerprint density at radius 2 is 2.21 bits per heavy atom. The third-order valence-electron chi connectivity index (χ3n) is 4.06. The van der Waals surface area contributed by atoms with Gasteiger partial charge in [0.15, 0.2) is 0 Å². The largest absolute Gasteiger partial charge is 0.462 e. The SMILES string of the molecule is CC1CC(OC(=O)CC2COCCN2)CC(C)(C)C1. The van der Waals surface area contributed by atoms with Crippen molar-refractivity contribution in [2.75, 3.05) is 19.8 Å². The van der Waals surface area contributed by atoms with Gasteiger partial charge >= 0.3 is 5.97 Å². The highest BCUT2D eigenvalue weighted by atomic mass is 16.5. The lowest BCUT2D eigenvalue weighted by Crippen LogP contribution is -2.43. The number of esters is 1. The number of ether oxygens (including phenoxy) is 2. The Morgan fingerprint density at radius 3 is 2.84 bits per heavy atom. The Balaban J connectivity index is 1.78. The van der Waals surface area contributed by atoms with E-state index in [9.17, 15) is 4.79 Å². The molecule has 1 heterocycles. The molecule has 1 aliphatic heterocycles. The summed E-state index contributed by atoms with van der Waals surface area (Å²) in [7, 11) is 0. The Kier molecular flexibility index (Phi) is 4.85. The van der Waals surface area contributed by atoms with Crippen LogP contribution in [0.25, 0.3) is 0 Å². The predicted octanol–water partition coefficient (Wildman–Crippen LogP) is 2.12. The molecule has 1 saturated carbocycles. The van der Waals surface area contributed by atoms with E-state index in [4.69, 9.17) is 9.47 Å². The maximum absolute atomic E-state index is 12.0. The van der Waals surface area contributed by atoms with Crippen molar-refractivity contribution in [2.45, 2.75) is 58.6 Å². The third-order valence-corrected chi connectivity index (χ3v) is 4.06. The molecule has 1 aliphatic carbocycles. The molecule has 0 bridgehead atoms. The second kappa shape index (κ2) is 6.23. The molecule has 110 valence electrons. The van der Waals surface area contributed by atoms with Crippen LogP contribution in [0.5, 0.6) is 0 Å². The van der Waals surface area contributed by atoms with Crippen LogP contribution in [0.1, 0.15) is 46.5 Å². The van der Waals surface area contributed by atoms with Gasteiger partial charge in [0.1, 0.15) is 6.10 Å². The van der Waals surface area contributed by atoms with E-state index in [1.807, 2.05) is 0 Å². The first-order valence-corrected chi connectivity index (χ1v) is 7.45. The highest BCUT2D eigenvalue weighted by Crippen LogP contribution is 2.39. The fourth-order valence-corrected chi connectivity index (χ4v) is 3.53. The quantitative estimate of drug-likeness (QED) is 0.797. The molecule has 3 unspecified atom stereocenters. The summed E-state index contributed by atoms with van der Waals surface area (Å²) >= 11 is 0. The predicted molar refractivity (Wildman–Crippen MR) is 73.9 cm³/mol. The molecule has 0 aromatic heterocycles. The fraction of sp³-hybridized carbons (Fsp3) is 0.933. The molecule has 0 aromatic carbocycles. The van der Waals surface area contributed by atoms with Crippen LogP contribution in [-0.2, 0) is 14.3 Å². The lowest BCUT2D eigenvalue weighted by Gasteiger charge is -2.38. The van der Waals surface area contributed by atoms with Gasteiger partial charge in [0.2, 0.25) is 0 Å². The summed E-state index contributed by atoms with van der Waals surface area (Å²) < 4.78 is 11.0. The Morgan fingerprint density at radius 1 is 1.42 bits per heavy atom. The van der Waals surface area contributed by atoms with E-state index in [-0.39, 0.29) is 23.5 Å². The molecule has 0 amide bonds. The summed E-state index contributed by atoms with van der Waals surface area (Å²) in [4.78, 5) is 12.0. The van der Waals surface area contributed by atoms with Gasteiger partial charge < -0.3 is 14.8 Å². The van der Waals surface area contributed by atoms with Crippen molar-refractivity contribution in [1.29, 1.82) is 0 Å². The number of carbonyl (C=O) groups excluding carboxylic acids is 1. The molecule has 4 heteroatoms. The topological polar surface area (TPSA) is 47.6 Å². The molecule has 3 atom stereocenters. The highest BCUT2D eigenvalue weighted by molar-refractivity contribution is 5.70. The van der Waals surface area contributed by atoms with Crippen LogP contribution >= 0.6 is 0 Å². The van der Waals surface area contributed by atoms with E-state index >= 15 is 0 Å². The van der Waals surface area contributed by atoms with Crippen molar-refractivity contribution in [1.82, 2.24) is 5.32 Å². The summed E-state index contributed by atoms with van der Waals surface area (Å²) in [5.74, 6) is 0.551. The zero-order chi connectivity index (χ0) is 13.9. The first kappa shape index (κ1) is 14.8. The Bertz CT molecular complexity index is 311. The van der Waals surface area contributed by atoms with E-state index in [2.05, 4.69) is 26.1 Å². The zero-order valence-electron chi connectivity index (χ0n) is 12.4. The normalized spacial score (nSPS) is 34.8. The van der Waals surface area contributed by atoms with E-state index in [0.29, 0.717) is 18.9 Å². The molecule has 0 spiro atoms. The Hall–Kier alpha value is -0.610. The number of hydrogen-bond donors (Lipinski definition) is 1. The minimum absolute atomic E-state index is 0.0853. The van der Waals surface area contributed by atoms with Crippen molar-refractivity contribution in [3.05, 3.63) is 0 Å². The van der Waals surface area contributed by atoms with Gasteiger partial charge in [0, 0.05) is 12.6 Å². The molecule has 2 fully saturated rings. The van der Waals surface area contributed by atoms with Crippen molar-refractivity contribution >= 4 is 5.97 Å². The first-order chi connectivity index (χ1) is 8.94. The van der Waals surface area contributed by atoms with Gasteiger partial charge in [-0.3, -0.25) is 4.79 Å². The van der Waals surface area contributed by atoms with E-state index in [0.717, 1.165) is 26.0 Å². The van der Waals surface area contributed by atoms with Crippen LogP contribution in [-0.4, -0.2) is 37.9 Å². The number of carbonyl (C=O) groups is 1. The van der Waals surface area contributed by atoms with Crippen molar-refractivity contribution < 1.29 is 14.3 Å². The van der Waals surface area contributed by atoms with Gasteiger partial charge in [0.05, 0.1) is 19.6 Å². The summed E-state index contributed by atoms with van der Waals surface area (Å²) in [5.41, 5.74) is 0.287. The molecular formula is C15H27NO3. The van der Waals surface area contributed by atoms with Gasteiger partial charge in [-0.2, -0.15) is 0 Å². The van der Waals surface area contributed by atoms with Crippen molar-refractivity contribution in [2.24, 2.45) is 11.3 Å². The smallest absolute Gasteiger partial charge is 0.307 e. The number of hydrogen-bond acceptors (Lipinski definition) is 4. The fourth-order valence-electron chi connectivity index (χ4n) is 3.53. The highest BCUT2D eigenvalue weighted by Gasteiger charge is 2.34. The molecule has 1 N–H and O–H groups in total. The molecule has 1 saturated heterocycles. The maximum atomic E-state index is 12.0. The molecule has 4 nitrogen and oxygen atoms in total. The second-order valence-electron chi connectivity index (χ2n) is 6.96. The molecule has 2 aliphatic rings. The number of nitrogens with one attached hydrogen (secondary N) is 1. The van der Waals surface area contributed by atoms with Crippen LogP contribution in [0.3, 0.4) is 0 Å². The monoisotopic (exact) mass is 269 g/mol. The van der Waals surface area contributed by atoms with Crippen LogP contribution < -0.4 is 5.32 Å². The third kappa shape index (κ3) is 4.77. The summed E-state index contributed by atoms with van der Waals surface area (Å²) in [6.07, 6.45) is 3.72. The van der Waals surface area contributed by atoms with Crippen LogP contribution in [0.2, 0.25) is 0 Å². The standard InChI is InChI=1S/C15H27NO3/c1-11-6-13(9-15(2,3)8-11)19-14(17)7-12-10-18-5-4-16-12/h11-13,16H,4-10H2,1-3H3. The van der Waals surface area contributed by atoms with Gasteiger partial charge in [-0.1, -0.05) is 20.8 Å². The lowest BCUT2D eigenvalue weighted by atomic mass is 9.71. The number of morpholine rings is 1. The Labute approximate surface area is 116 Å². The molecule has 0 radical (unpaired) electrons.